The molecule has 1 fully saturated rings. The third-order valence-electron chi connectivity index (χ3n) is 5.21. The topological polar surface area (TPSA) is 90.5 Å². The SMILES string of the molecule is CCC(=O)Nc1cccc(NC(=O)CNc2cccc(C(=O)N3CCCCCC3)c2)c1. The average Bonchev–Trinajstić information content (AvgIpc) is 3.07. The van der Waals surface area contributed by atoms with Gasteiger partial charge in [0.1, 0.15) is 0 Å². The van der Waals surface area contributed by atoms with Crippen LogP contribution in [0.2, 0.25) is 0 Å². The molecule has 2 aromatic rings. The maximum Gasteiger partial charge on any atom is 0.253 e. The summed E-state index contributed by atoms with van der Waals surface area (Å²) in [6.07, 6.45) is 4.84. The molecule has 2 aromatic carbocycles. The van der Waals surface area contributed by atoms with Crippen LogP contribution in [0.4, 0.5) is 17.1 Å². The molecule has 0 bridgehead atoms. The highest BCUT2D eigenvalue weighted by Gasteiger charge is 2.17. The van der Waals surface area contributed by atoms with Gasteiger partial charge in [-0.3, -0.25) is 14.4 Å². The lowest BCUT2D eigenvalue weighted by molar-refractivity contribution is -0.116. The summed E-state index contributed by atoms with van der Waals surface area (Å²) in [6, 6.07) is 14.3. The zero-order valence-corrected chi connectivity index (χ0v) is 17.9. The fourth-order valence-corrected chi connectivity index (χ4v) is 3.53. The van der Waals surface area contributed by atoms with Gasteiger partial charge in [0.2, 0.25) is 11.8 Å². The minimum absolute atomic E-state index is 0.0425. The maximum absolute atomic E-state index is 12.8. The normalized spacial score (nSPS) is 13.8. The molecule has 0 aromatic heterocycles. The summed E-state index contributed by atoms with van der Waals surface area (Å²) in [5.41, 5.74) is 2.59. The number of nitrogens with one attached hydrogen (secondary N) is 3. The monoisotopic (exact) mass is 422 g/mol. The molecule has 31 heavy (non-hydrogen) atoms. The third-order valence-corrected chi connectivity index (χ3v) is 5.21. The number of anilines is 3. The molecule has 0 radical (unpaired) electrons. The van der Waals surface area contributed by atoms with Crippen molar-refractivity contribution in [2.75, 3.05) is 35.6 Å². The second kappa shape index (κ2) is 11.2. The van der Waals surface area contributed by atoms with Crippen LogP contribution in [0.1, 0.15) is 49.4 Å². The number of carbonyl (C=O) groups is 3. The van der Waals surface area contributed by atoms with Gasteiger partial charge < -0.3 is 20.9 Å². The summed E-state index contributed by atoms with van der Waals surface area (Å²) in [4.78, 5) is 38.6. The van der Waals surface area contributed by atoms with Crippen LogP contribution in [0, 0.1) is 0 Å². The van der Waals surface area contributed by atoms with Gasteiger partial charge in [0.15, 0.2) is 0 Å². The van der Waals surface area contributed by atoms with Gasteiger partial charge in [0.25, 0.3) is 5.91 Å². The summed E-state index contributed by atoms with van der Waals surface area (Å²) in [5, 5.41) is 8.66. The lowest BCUT2D eigenvalue weighted by Gasteiger charge is -2.20. The first kappa shape index (κ1) is 22.3. The fraction of sp³-hybridized carbons (Fsp3) is 0.375. The molecule has 164 valence electrons. The van der Waals surface area contributed by atoms with Crippen molar-refractivity contribution in [3.63, 3.8) is 0 Å². The minimum Gasteiger partial charge on any atom is -0.376 e. The number of benzene rings is 2. The molecular formula is C24H30N4O3. The van der Waals surface area contributed by atoms with Crippen LogP contribution in [0.15, 0.2) is 48.5 Å². The molecule has 0 saturated carbocycles. The highest BCUT2D eigenvalue weighted by atomic mass is 16.2. The van der Waals surface area contributed by atoms with Gasteiger partial charge in [-0.15, -0.1) is 0 Å². The lowest BCUT2D eigenvalue weighted by Crippen LogP contribution is -2.31. The Morgan fingerprint density at radius 3 is 2.10 bits per heavy atom. The van der Waals surface area contributed by atoms with Crippen LogP contribution in [-0.2, 0) is 9.59 Å². The summed E-state index contributed by atoms with van der Waals surface area (Å²) < 4.78 is 0. The Balaban J connectivity index is 1.54. The maximum atomic E-state index is 12.8. The molecule has 1 aliphatic rings. The number of hydrogen-bond acceptors (Lipinski definition) is 4. The number of likely N-dealkylation sites (tertiary alicyclic amines) is 1. The Morgan fingerprint density at radius 2 is 1.42 bits per heavy atom. The first-order valence-corrected chi connectivity index (χ1v) is 10.9. The Bertz CT molecular complexity index is 921. The smallest absolute Gasteiger partial charge is 0.253 e. The van der Waals surface area contributed by atoms with Crippen molar-refractivity contribution in [1.29, 1.82) is 0 Å². The van der Waals surface area contributed by atoms with Crippen molar-refractivity contribution in [3.8, 4) is 0 Å². The standard InChI is InChI=1S/C24H30N4O3/c1-2-22(29)26-20-11-8-12-21(16-20)27-23(30)17-25-19-10-7-9-18(15-19)24(31)28-13-5-3-4-6-14-28/h7-12,15-16,25H,2-6,13-14,17H2,1H3,(H,26,29)(H,27,30). The Kier molecular flexibility index (Phi) is 8.04. The molecule has 0 atom stereocenters. The van der Waals surface area contributed by atoms with E-state index in [1.54, 1.807) is 37.3 Å². The van der Waals surface area contributed by atoms with E-state index in [1.165, 1.54) is 12.8 Å². The van der Waals surface area contributed by atoms with E-state index >= 15 is 0 Å². The quantitative estimate of drug-likeness (QED) is 0.627. The zero-order valence-electron chi connectivity index (χ0n) is 17.9. The average molecular weight is 423 g/mol. The summed E-state index contributed by atoms with van der Waals surface area (Å²) in [6.45, 7) is 3.45. The van der Waals surface area contributed by atoms with E-state index in [2.05, 4.69) is 16.0 Å². The molecule has 0 aliphatic carbocycles. The van der Waals surface area contributed by atoms with Crippen molar-refractivity contribution >= 4 is 34.8 Å². The second-order valence-electron chi connectivity index (χ2n) is 7.67. The largest absolute Gasteiger partial charge is 0.376 e. The van der Waals surface area contributed by atoms with Crippen LogP contribution < -0.4 is 16.0 Å². The van der Waals surface area contributed by atoms with Gasteiger partial charge in [0, 0.05) is 42.1 Å². The van der Waals surface area contributed by atoms with Gasteiger partial charge in [0.05, 0.1) is 6.54 Å². The van der Waals surface area contributed by atoms with Crippen LogP contribution in [-0.4, -0.2) is 42.3 Å². The predicted octanol–water partition coefficient (Wildman–Crippen LogP) is 4.10. The number of rotatable bonds is 7. The van der Waals surface area contributed by atoms with E-state index < -0.39 is 0 Å². The molecule has 0 spiro atoms. The molecule has 7 heteroatoms. The first-order valence-electron chi connectivity index (χ1n) is 10.9. The number of nitrogens with zero attached hydrogens (tertiary/aromatic N) is 1. The highest BCUT2D eigenvalue weighted by Crippen LogP contribution is 2.17. The van der Waals surface area contributed by atoms with Gasteiger partial charge in [-0.2, -0.15) is 0 Å². The molecule has 3 N–H and O–H groups in total. The van der Waals surface area contributed by atoms with E-state index in [0.29, 0.717) is 23.4 Å². The zero-order chi connectivity index (χ0) is 22.1. The van der Waals surface area contributed by atoms with E-state index in [-0.39, 0.29) is 24.3 Å². The van der Waals surface area contributed by atoms with E-state index in [0.717, 1.165) is 31.6 Å². The van der Waals surface area contributed by atoms with E-state index in [1.807, 2.05) is 23.1 Å². The van der Waals surface area contributed by atoms with Crippen LogP contribution >= 0.6 is 0 Å². The van der Waals surface area contributed by atoms with Crippen molar-refractivity contribution in [1.82, 2.24) is 4.90 Å². The van der Waals surface area contributed by atoms with Gasteiger partial charge in [-0.05, 0) is 49.2 Å². The molecular weight excluding hydrogens is 392 g/mol. The third kappa shape index (κ3) is 6.84. The van der Waals surface area contributed by atoms with Crippen LogP contribution in [0.25, 0.3) is 0 Å². The molecule has 3 amide bonds. The van der Waals surface area contributed by atoms with Crippen molar-refractivity contribution in [3.05, 3.63) is 54.1 Å². The number of carbonyl (C=O) groups excluding carboxylic acids is 3. The summed E-state index contributed by atoms with van der Waals surface area (Å²) >= 11 is 0. The van der Waals surface area contributed by atoms with Crippen LogP contribution in [0.5, 0.6) is 0 Å². The number of amides is 3. The first-order chi connectivity index (χ1) is 15.0. The Hall–Kier alpha value is -3.35. The lowest BCUT2D eigenvalue weighted by atomic mass is 10.1. The molecule has 3 rings (SSSR count). The highest BCUT2D eigenvalue weighted by molar-refractivity contribution is 5.97. The van der Waals surface area contributed by atoms with Gasteiger partial charge >= 0.3 is 0 Å². The molecule has 7 nitrogen and oxygen atoms in total. The second-order valence-corrected chi connectivity index (χ2v) is 7.67. The molecule has 0 unspecified atom stereocenters. The van der Waals surface area contributed by atoms with Crippen molar-refractivity contribution in [2.24, 2.45) is 0 Å². The fourth-order valence-electron chi connectivity index (χ4n) is 3.53. The summed E-state index contributed by atoms with van der Waals surface area (Å²) in [7, 11) is 0. The van der Waals surface area contributed by atoms with E-state index in [4.69, 9.17) is 0 Å². The minimum atomic E-state index is -0.219. The van der Waals surface area contributed by atoms with Crippen molar-refractivity contribution < 1.29 is 14.4 Å². The van der Waals surface area contributed by atoms with Crippen LogP contribution in [0.3, 0.4) is 0 Å². The van der Waals surface area contributed by atoms with Gasteiger partial charge in [-0.25, -0.2) is 0 Å². The summed E-state index contributed by atoms with van der Waals surface area (Å²) in [5.74, 6) is -0.260. The molecule has 1 heterocycles. The number of hydrogen-bond donors (Lipinski definition) is 3. The predicted molar refractivity (Wildman–Crippen MR) is 123 cm³/mol. The van der Waals surface area contributed by atoms with Gasteiger partial charge in [-0.1, -0.05) is 31.9 Å². The molecule has 1 aliphatic heterocycles. The van der Waals surface area contributed by atoms with E-state index in [9.17, 15) is 14.4 Å². The van der Waals surface area contributed by atoms with Crippen molar-refractivity contribution in [2.45, 2.75) is 39.0 Å². The Morgan fingerprint density at radius 1 is 0.806 bits per heavy atom. The Labute approximate surface area is 183 Å². The molecule has 1 saturated heterocycles.